The Morgan fingerprint density at radius 3 is 2.90 bits per heavy atom. The topological polar surface area (TPSA) is 62.2 Å². The Labute approximate surface area is 186 Å². The zero-order chi connectivity index (χ0) is 21.5. The fourth-order valence-corrected chi connectivity index (χ4v) is 6.85. The first-order chi connectivity index (χ1) is 14.4. The Kier molecular flexibility index (Phi) is 5.90. The van der Waals surface area contributed by atoms with E-state index in [4.69, 9.17) is 4.74 Å². The van der Waals surface area contributed by atoms with Crippen molar-refractivity contribution in [2.24, 2.45) is 4.99 Å². The highest BCUT2D eigenvalue weighted by Crippen LogP contribution is 2.48. The number of anilines is 1. The number of carbonyl (C=O) groups is 2. The van der Waals surface area contributed by atoms with Gasteiger partial charge in [-0.15, -0.1) is 11.8 Å². The lowest BCUT2D eigenvalue weighted by molar-refractivity contribution is -0.141. The van der Waals surface area contributed by atoms with Crippen LogP contribution in [0.3, 0.4) is 0 Å². The molecule has 0 N–H and O–H groups in total. The van der Waals surface area contributed by atoms with E-state index >= 15 is 0 Å². The van der Waals surface area contributed by atoms with E-state index in [1.807, 2.05) is 18.7 Å². The molecular formula is C22H27N3O3S2. The van der Waals surface area contributed by atoms with Crippen LogP contribution in [0.15, 0.2) is 39.2 Å². The highest BCUT2D eigenvalue weighted by molar-refractivity contribution is 8.14. The van der Waals surface area contributed by atoms with Crippen LogP contribution in [-0.4, -0.2) is 52.8 Å². The molecule has 0 spiro atoms. The van der Waals surface area contributed by atoms with Gasteiger partial charge < -0.3 is 14.5 Å². The first-order valence-electron chi connectivity index (χ1n) is 10.2. The van der Waals surface area contributed by atoms with Crippen LogP contribution in [0.2, 0.25) is 0 Å². The summed E-state index contributed by atoms with van der Waals surface area (Å²) >= 11 is 3.44. The van der Waals surface area contributed by atoms with E-state index in [0.29, 0.717) is 13.0 Å². The van der Waals surface area contributed by atoms with Gasteiger partial charge in [0.1, 0.15) is 4.87 Å². The van der Waals surface area contributed by atoms with Gasteiger partial charge in [-0.3, -0.25) is 14.6 Å². The average molecular weight is 446 g/mol. The number of amides is 1. The molecule has 6 nitrogen and oxygen atoms in total. The van der Waals surface area contributed by atoms with E-state index < -0.39 is 4.87 Å². The van der Waals surface area contributed by atoms with Crippen LogP contribution < -0.4 is 4.90 Å². The normalized spacial score (nSPS) is 22.5. The van der Waals surface area contributed by atoms with Gasteiger partial charge in [-0.25, -0.2) is 0 Å². The summed E-state index contributed by atoms with van der Waals surface area (Å²) in [4.78, 5) is 34.6. The summed E-state index contributed by atoms with van der Waals surface area (Å²) in [7, 11) is 1.41. The smallest absolute Gasteiger partial charge is 0.305 e. The Balaban J connectivity index is 1.64. The van der Waals surface area contributed by atoms with E-state index in [0.717, 1.165) is 40.7 Å². The van der Waals surface area contributed by atoms with Gasteiger partial charge >= 0.3 is 5.97 Å². The summed E-state index contributed by atoms with van der Waals surface area (Å²) in [5.74, 6) is 0.659. The molecule has 0 fully saturated rings. The molecule has 1 unspecified atom stereocenters. The van der Waals surface area contributed by atoms with Crippen molar-refractivity contribution >= 4 is 46.3 Å². The number of methoxy groups -OCH3 is 1. The lowest BCUT2D eigenvalue weighted by Crippen LogP contribution is -2.45. The van der Waals surface area contributed by atoms with Gasteiger partial charge in [-0.1, -0.05) is 13.0 Å². The summed E-state index contributed by atoms with van der Waals surface area (Å²) < 4.78 is 4.88. The standard InChI is InChI=1S/C22H27N3O3S2/c1-5-29-22(9-8-19(26)28-4)15(3)14(2)20(27)25(22)13-16-6-7-18-17(12-16)24-11-10-23-21(24)30-18/h6-7,12H,5,8-11,13H2,1-4H3. The lowest BCUT2D eigenvalue weighted by atomic mass is 10.0. The molecule has 0 saturated carbocycles. The fourth-order valence-electron chi connectivity index (χ4n) is 4.39. The van der Waals surface area contributed by atoms with Gasteiger partial charge in [0, 0.05) is 30.0 Å². The van der Waals surface area contributed by atoms with Crippen molar-refractivity contribution in [2.45, 2.75) is 49.9 Å². The van der Waals surface area contributed by atoms with E-state index in [1.54, 1.807) is 23.5 Å². The molecule has 4 rings (SSSR count). The largest absolute Gasteiger partial charge is 0.469 e. The monoisotopic (exact) mass is 445 g/mol. The molecule has 3 heterocycles. The maximum atomic E-state index is 13.2. The summed E-state index contributed by atoms with van der Waals surface area (Å²) in [6.07, 6.45) is 0.836. The van der Waals surface area contributed by atoms with Crippen molar-refractivity contribution in [3.8, 4) is 0 Å². The highest BCUT2D eigenvalue weighted by atomic mass is 32.2. The van der Waals surface area contributed by atoms with Crippen LogP contribution in [-0.2, 0) is 20.9 Å². The second-order valence-corrected chi connectivity index (χ2v) is 10.2. The first kappa shape index (κ1) is 21.3. The number of hydrogen-bond donors (Lipinski definition) is 0. The van der Waals surface area contributed by atoms with Crippen LogP contribution in [0, 0.1) is 0 Å². The third-order valence-corrected chi connectivity index (χ3v) is 8.68. The molecule has 0 bridgehead atoms. The number of hydrogen-bond acceptors (Lipinski definition) is 7. The number of aliphatic imine (C=N–C) groups is 1. The molecule has 0 saturated heterocycles. The van der Waals surface area contributed by atoms with Crippen molar-refractivity contribution in [1.29, 1.82) is 0 Å². The second kappa shape index (κ2) is 8.30. The van der Waals surface area contributed by atoms with Gasteiger partial charge in [0.25, 0.3) is 5.91 Å². The van der Waals surface area contributed by atoms with Gasteiger partial charge in [-0.05, 0) is 61.1 Å². The van der Waals surface area contributed by atoms with Crippen molar-refractivity contribution < 1.29 is 14.3 Å². The highest BCUT2D eigenvalue weighted by Gasteiger charge is 2.48. The zero-order valence-electron chi connectivity index (χ0n) is 17.9. The van der Waals surface area contributed by atoms with Gasteiger partial charge in [0.15, 0.2) is 5.17 Å². The minimum atomic E-state index is -0.516. The summed E-state index contributed by atoms with van der Waals surface area (Å²) in [6, 6.07) is 6.42. The predicted molar refractivity (Wildman–Crippen MR) is 123 cm³/mol. The van der Waals surface area contributed by atoms with E-state index in [-0.39, 0.29) is 18.3 Å². The Bertz CT molecular complexity index is 959. The summed E-state index contributed by atoms with van der Waals surface area (Å²) in [5, 5.41) is 1.07. The molecule has 0 aromatic heterocycles. The van der Waals surface area contributed by atoms with Crippen molar-refractivity contribution in [3.63, 3.8) is 0 Å². The van der Waals surface area contributed by atoms with Gasteiger partial charge in [0.2, 0.25) is 0 Å². The minimum absolute atomic E-state index is 0.0524. The molecular weight excluding hydrogens is 418 g/mol. The van der Waals surface area contributed by atoms with E-state index in [9.17, 15) is 9.59 Å². The van der Waals surface area contributed by atoms with Crippen molar-refractivity contribution in [2.75, 3.05) is 30.9 Å². The number of nitrogens with zero attached hydrogens (tertiary/aromatic N) is 3. The molecule has 1 amide bonds. The Hall–Kier alpha value is -1.93. The van der Waals surface area contributed by atoms with Crippen molar-refractivity contribution in [3.05, 3.63) is 34.9 Å². The van der Waals surface area contributed by atoms with Crippen LogP contribution in [0.25, 0.3) is 0 Å². The van der Waals surface area contributed by atoms with E-state index in [1.165, 1.54) is 17.7 Å². The average Bonchev–Trinajstić information content (AvgIpc) is 3.38. The third-order valence-electron chi connectivity index (χ3n) is 6.09. The number of benzene rings is 1. The molecule has 1 aromatic rings. The van der Waals surface area contributed by atoms with E-state index in [2.05, 4.69) is 35.0 Å². The van der Waals surface area contributed by atoms with Crippen LogP contribution >= 0.6 is 23.5 Å². The summed E-state index contributed by atoms with van der Waals surface area (Å²) in [5.41, 5.74) is 4.11. The fraction of sp³-hybridized carbons (Fsp3) is 0.500. The number of amidine groups is 1. The van der Waals surface area contributed by atoms with Crippen molar-refractivity contribution in [1.82, 2.24) is 4.90 Å². The first-order valence-corrected chi connectivity index (χ1v) is 12.0. The molecule has 3 aliphatic rings. The minimum Gasteiger partial charge on any atom is -0.469 e. The molecule has 30 heavy (non-hydrogen) atoms. The molecule has 160 valence electrons. The Morgan fingerprint density at radius 2 is 2.17 bits per heavy atom. The molecule has 1 atom stereocenters. The number of fused-ring (bicyclic) bond motifs is 3. The van der Waals surface area contributed by atoms with Crippen LogP contribution in [0.1, 0.15) is 39.2 Å². The lowest BCUT2D eigenvalue weighted by Gasteiger charge is -2.40. The maximum Gasteiger partial charge on any atom is 0.305 e. The Morgan fingerprint density at radius 1 is 1.37 bits per heavy atom. The van der Waals surface area contributed by atoms with Crippen LogP contribution in [0.4, 0.5) is 5.69 Å². The zero-order valence-corrected chi connectivity index (χ0v) is 19.5. The van der Waals surface area contributed by atoms with Gasteiger partial charge in [-0.2, -0.15) is 0 Å². The number of esters is 1. The number of ether oxygens (including phenoxy) is 1. The molecule has 0 radical (unpaired) electrons. The molecule has 3 aliphatic heterocycles. The number of rotatable bonds is 7. The quantitative estimate of drug-likeness (QED) is 0.590. The second-order valence-electron chi connectivity index (χ2n) is 7.65. The SMILES string of the molecule is CCSC1(CCC(=O)OC)C(C)=C(C)C(=O)N1Cc1ccc2c(c1)N1CCN=C1S2. The number of thioether (sulfide) groups is 2. The molecule has 8 heteroatoms. The maximum absolute atomic E-state index is 13.2. The third kappa shape index (κ3) is 3.43. The predicted octanol–water partition coefficient (Wildman–Crippen LogP) is 4.05. The molecule has 1 aromatic carbocycles. The van der Waals surface area contributed by atoms with Gasteiger partial charge in [0.05, 0.1) is 19.3 Å². The molecule has 0 aliphatic carbocycles. The van der Waals surface area contributed by atoms with Crippen LogP contribution in [0.5, 0.6) is 0 Å². The number of carbonyl (C=O) groups excluding carboxylic acids is 2. The summed E-state index contributed by atoms with van der Waals surface area (Å²) in [6.45, 7) is 8.28.